The number of fused-ring (bicyclic) bond motifs is 1. The minimum absolute atomic E-state index is 0.0697. The van der Waals surface area contributed by atoms with Crippen LogP contribution in [0.2, 0.25) is 0 Å². The Hall–Kier alpha value is -4.25. The molecule has 0 radical (unpaired) electrons. The van der Waals surface area contributed by atoms with Gasteiger partial charge in [0.1, 0.15) is 19.0 Å². The zero-order valence-corrected chi connectivity index (χ0v) is 19.4. The van der Waals surface area contributed by atoms with Gasteiger partial charge >= 0.3 is 5.97 Å². The zero-order valence-electron chi connectivity index (χ0n) is 18.6. The van der Waals surface area contributed by atoms with Crippen LogP contribution in [-0.4, -0.2) is 45.2 Å². The molecule has 0 unspecified atom stereocenters. The number of carbonyl (C=O) groups is 2. The number of anilines is 2. The molecule has 35 heavy (non-hydrogen) atoms. The molecule has 0 fully saturated rings. The minimum atomic E-state index is -4.06. The van der Waals surface area contributed by atoms with Gasteiger partial charge in [0.25, 0.3) is 15.9 Å². The normalized spacial score (nSPS) is 12.5. The first-order valence-corrected chi connectivity index (χ1v) is 12.0. The Kier molecular flexibility index (Phi) is 6.78. The molecular weight excluding hydrogens is 476 g/mol. The smallest absolute Gasteiger partial charge is 0.341 e. The third kappa shape index (κ3) is 5.64. The monoisotopic (exact) mass is 498 g/mol. The molecule has 1 aliphatic heterocycles. The second-order valence-corrected chi connectivity index (χ2v) is 9.26. The van der Waals surface area contributed by atoms with Gasteiger partial charge in [-0.1, -0.05) is 12.1 Å². The van der Waals surface area contributed by atoms with Gasteiger partial charge in [-0.3, -0.25) is 9.52 Å². The van der Waals surface area contributed by atoms with Crippen LogP contribution in [0.3, 0.4) is 0 Å². The van der Waals surface area contributed by atoms with Crippen LogP contribution in [0.4, 0.5) is 11.4 Å². The van der Waals surface area contributed by atoms with E-state index in [0.717, 1.165) is 0 Å². The molecule has 0 bridgehead atoms. The Bertz CT molecular complexity index is 1390. The largest absolute Gasteiger partial charge is 0.486 e. The molecule has 0 saturated carbocycles. The SMILES string of the molecule is Cc1cc(S(=O)(=O)Nc2ccccc2C(=O)Nc2ccc3c(c2)OCCO3)ccc1OCC(=O)O. The van der Waals surface area contributed by atoms with E-state index in [4.69, 9.17) is 19.3 Å². The maximum atomic E-state index is 13.0. The Labute approximate surface area is 201 Å². The summed E-state index contributed by atoms with van der Waals surface area (Å²) < 4.78 is 44.6. The van der Waals surface area contributed by atoms with E-state index in [1.54, 1.807) is 37.3 Å². The highest BCUT2D eigenvalue weighted by Gasteiger charge is 2.20. The highest BCUT2D eigenvalue weighted by atomic mass is 32.2. The summed E-state index contributed by atoms with van der Waals surface area (Å²) in [6, 6.07) is 15.2. The molecule has 0 atom stereocenters. The molecule has 11 heteroatoms. The predicted molar refractivity (Wildman–Crippen MR) is 127 cm³/mol. The van der Waals surface area contributed by atoms with Gasteiger partial charge in [-0.15, -0.1) is 0 Å². The van der Waals surface area contributed by atoms with Crippen LogP contribution < -0.4 is 24.2 Å². The Balaban J connectivity index is 1.53. The summed E-state index contributed by atoms with van der Waals surface area (Å²) in [6.07, 6.45) is 0. The quantitative estimate of drug-likeness (QED) is 0.430. The maximum absolute atomic E-state index is 13.0. The van der Waals surface area contributed by atoms with Crippen molar-refractivity contribution in [3.8, 4) is 17.2 Å². The number of aryl methyl sites for hydroxylation is 1. The maximum Gasteiger partial charge on any atom is 0.341 e. The van der Waals surface area contributed by atoms with Crippen molar-refractivity contribution >= 4 is 33.3 Å². The van der Waals surface area contributed by atoms with E-state index in [1.165, 1.54) is 30.3 Å². The number of ether oxygens (including phenoxy) is 3. The fraction of sp³-hybridized carbons (Fsp3) is 0.167. The topological polar surface area (TPSA) is 140 Å². The Morgan fingerprint density at radius 1 is 1.00 bits per heavy atom. The summed E-state index contributed by atoms with van der Waals surface area (Å²) in [5.41, 5.74) is 1.11. The number of rotatable bonds is 8. The predicted octanol–water partition coefficient (Wildman–Crippen LogP) is 3.28. The second-order valence-electron chi connectivity index (χ2n) is 7.57. The third-order valence-corrected chi connectivity index (χ3v) is 6.39. The summed E-state index contributed by atoms with van der Waals surface area (Å²) in [5, 5.41) is 11.5. The van der Waals surface area contributed by atoms with E-state index in [0.29, 0.717) is 36.0 Å². The molecule has 4 rings (SSSR count). The molecule has 0 aliphatic carbocycles. The number of hydrogen-bond acceptors (Lipinski definition) is 7. The number of para-hydroxylation sites is 1. The minimum Gasteiger partial charge on any atom is -0.486 e. The first-order chi connectivity index (χ1) is 16.7. The lowest BCUT2D eigenvalue weighted by Crippen LogP contribution is -2.19. The van der Waals surface area contributed by atoms with Crippen LogP contribution in [0.5, 0.6) is 17.2 Å². The van der Waals surface area contributed by atoms with Crippen LogP contribution >= 0.6 is 0 Å². The van der Waals surface area contributed by atoms with Gasteiger partial charge < -0.3 is 24.6 Å². The van der Waals surface area contributed by atoms with Crippen molar-refractivity contribution < 1.29 is 37.3 Å². The molecule has 1 heterocycles. The van der Waals surface area contributed by atoms with Crippen LogP contribution in [0.15, 0.2) is 65.6 Å². The molecule has 1 amide bonds. The van der Waals surface area contributed by atoms with E-state index in [9.17, 15) is 18.0 Å². The summed E-state index contributed by atoms with van der Waals surface area (Å²) in [5.74, 6) is -0.320. The van der Waals surface area contributed by atoms with Gasteiger partial charge in [0.05, 0.1) is 16.1 Å². The molecular formula is C24H22N2O8S. The number of carbonyl (C=O) groups excluding carboxylic acids is 1. The van der Waals surface area contributed by atoms with Crippen LogP contribution in [0.1, 0.15) is 15.9 Å². The number of nitrogens with one attached hydrogen (secondary N) is 2. The van der Waals surface area contributed by atoms with Gasteiger partial charge in [-0.2, -0.15) is 0 Å². The highest BCUT2D eigenvalue weighted by Crippen LogP contribution is 2.33. The zero-order chi connectivity index (χ0) is 25.0. The van der Waals surface area contributed by atoms with Crippen molar-refractivity contribution in [1.29, 1.82) is 0 Å². The second kappa shape index (κ2) is 9.94. The van der Waals surface area contributed by atoms with E-state index >= 15 is 0 Å². The average molecular weight is 499 g/mol. The average Bonchev–Trinajstić information content (AvgIpc) is 2.83. The first-order valence-electron chi connectivity index (χ1n) is 10.5. The number of carboxylic acid groups (broad SMARTS) is 1. The summed E-state index contributed by atoms with van der Waals surface area (Å²) >= 11 is 0. The number of aliphatic carboxylic acids is 1. The van der Waals surface area contributed by atoms with Gasteiger partial charge in [0.15, 0.2) is 18.1 Å². The number of carboxylic acids is 1. The number of sulfonamides is 1. The number of hydrogen-bond donors (Lipinski definition) is 3. The molecule has 3 N–H and O–H groups in total. The summed E-state index contributed by atoms with van der Waals surface area (Å²) in [6.45, 7) is 1.91. The van der Waals surface area contributed by atoms with E-state index in [1.807, 2.05) is 0 Å². The van der Waals surface area contributed by atoms with Crippen LogP contribution in [0.25, 0.3) is 0 Å². The number of benzene rings is 3. The van der Waals surface area contributed by atoms with Crippen molar-refractivity contribution in [3.05, 3.63) is 71.8 Å². The summed E-state index contributed by atoms with van der Waals surface area (Å²) in [7, 11) is -4.06. The molecule has 0 spiro atoms. The van der Waals surface area contributed by atoms with Gasteiger partial charge in [0, 0.05) is 11.8 Å². The van der Waals surface area contributed by atoms with Crippen molar-refractivity contribution in [2.24, 2.45) is 0 Å². The lowest BCUT2D eigenvalue weighted by Gasteiger charge is -2.19. The number of amides is 1. The Morgan fingerprint density at radius 2 is 1.74 bits per heavy atom. The Morgan fingerprint density at radius 3 is 2.49 bits per heavy atom. The van der Waals surface area contributed by atoms with Crippen molar-refractivity contribution in [2.45, 2.75) is 11.8 Å². The molecule has 3 aromatic rings. The van der Waals surface area contributed by atoms with Crippen LogP contribution in [0, 0.1) is 6.92 Å². The standard InChI is InChI=1S/C24H22N2O8S/c1-15-12-17(7-9-20(15)34-14-23(27)28)35(30,31)26-19-5-3-2-4-18(19)24(29)25-16-6-8-21-22(13-16)33-11-10-32-21/h2-9,12-13,26H,10-11,14H2,1H3,(H,25,29)(H,27,28). The van der Waals surface area contributed by atoms with E-state index in [-0.39, 0.29) is 21.9 Å². The van der Waals surface area contributed by atoms with Gasteiger partial charge in [-0.05, 0) is 55.0 Å². The molecule has 1 aliphatic rings. The lowest BCUT2D eigenvalue weighted by atomic mass is 10.1. The lowest BCUT2D eigenvalue weighted by molar-refractivity contribution is -0.139. The van der Waals surface area contributed by atoms with E-state index in [2.05, 4.69) is 10.0 Å². The van der Waals surface area contributed by atoms with Gasteiger partial charge in [0.2, 0.25) is 0 Å². The van der Waals surface area contributed by atoms with Crippen molar-refractivity contribution in [2.75, 3.05) is 29.9 Å². The molecule has 182 valence electrons. The van der Waals surface area contributed by atoms with Gasteiger partial charge in [-0.25, -0.2) is 13.2 Å². The molecule has 3 aromatic carbocycles. The first kappa shape index (κ1) is 23.9. The van der Waals surface area contributed by atoms with E-state index < -0.39 is 28.5 Å². The fourth-order valence-corrected chi connectivity index (χ4v) is 4.55. The molecule has 0 aromatic heterocycles. The summed E-state index contributed by atoms with van der Waals surface area (Å²) in [4.78, 5) is 23.6. The molecule has 0 saturated heterocycles. The fourth-order valence-electron chi connectivity index (χ4n) is 3.38. The molecule has 10 nitrogen and oxygen atoms in total. The highest BCUT2D eigenvalue weighted by molar-refractivity contribution is 7.92. The third-order valence-electron chi connectivity index (χ3n) is 5.02. The van der Waals surface area contributed by atoms with Crippen molar-refractivity contribution in [3.63, 3.8) is 0 Å². The van der Waals surface area contributed by atoms with Crippen LogP contribution in [-0.2, 0) is 14.8 Å². The van der Waals surface area contributed by atoms with Crippen molar-refractivity contribution in [1.82, 2.24) is 0 Å².